The highest BCUT2D eigenvalue weighted by Gasteiger charge is 2.53. The Labute approximate surface area is 187 Å². The van der Waals surface area contributed by atoms with E-state index >= 15 is 0 Å². The third-order valence-electron chi connectivity index (χ3n) is 6.69. The van der Waals surface area contributed by atoms with Crippen LogP contribution in [0.3, 0.4) is 0 Å². The smallest absolute Gasteiger partial charge is 0.248 e. The number of nitrogens with one attached hydrogen (secondary N) is 1. The molecule has 31 heavy (non-hydrogen) atoms. The standard InChI is InChI=1S/C24H36N3O3P/c1-7-30-31(29,21-11-9-8-10-12-21)22(17(2)3)27-24(16-26)14-20(23(5,6)28)13-19(15-25)18(24)4/h8-12,17-20,22,27-28H,7,13-14H2,1-6H3/t18-,19+,20-,22+,24+,31?/m1/s1. The first kappa shape index (κ1) is 25.6. The summed E-state index contributed by atoms with van der Waals surface area (Å²) in [6.07, 6.45) is 0.900. The molecule has 170 valence electrons. The molecule has 2 N–H and O–H groups in total. The Morgan fingerprint density at radius 2 is 1.94 bits per heavy atom. The van der Waals surface area contributed by atoms with Gasteiger partial charge in [-0.15, -0.1) is 0 Å². The van der Waals surface area contributed by atoms with Crippen LogP contribution < -0.4 is 10.6 Å². The van der Waals surface area contributed by atoms with Crippen LogP contribution >= 0.6 is 7.37 Å². The summed E-state index contributed by atoms with van der Waals surface area (Å²) in [5.74, 6) is -1.65. The molecule has 0 saturated heterocycles. The van der Waals surface area contributed by atoms with E-state index in [2.05, 4.69) is 17.5 Å². The molecular formula is C24H36N3O3P. The van der Waals surface area contributed by atoms with E-state index in [9.17, 15) is 20.2 Å². The fourth-order valence-corrected chi connectivity index (χ4v) is 7.42. The lowest BCUT2D eigenvalue weighted by molar-refractivity contribution is -0.0342. The van der Waals surface area contributed by atoms with Gasteiger partial charge in [-0.3, -0.25) is 9.88 Å². The van der Waals surface area contributed by atoms with Crippen LogP contribution in [0.2, 0.25) is 0 Å². The molecule has 1 aromatic carbocycles. The molecule has 1 fully saturated rings. The van der Waals surface area contributed by atoms with Crippen LogP contribution in [0.5, 0.6) is 0 Å². The fourth-order valence-electron chi connectivity index (χ4n) is 4.64. The van der Waals surface area contributed by atoms with Crippen molar-refractivity contribution in [3.63, 3.8) is 0 Å². The van der Waals surface area contributed by atoms with Crippen molar-refractivity contribution >= 4 is 12.7 Å². The second-order valence-electron chi connectivity index (χ2n) is 9.58. The lowest BCUT2D eigenvalue weighted by atomic mass is 9.61. The zero-order valence-corrected chi connectivity index (χ0v) is 20.4. The van der Waals surface area contributed by atoms with Crippen LogP contribution in [0, 0.1) is 46.3 Å². The largest absolute Gasteiger partial charge is 0.390 e. The van der Waals surface area contributed by atoms with Crippen molar-refractivity contribution in [1.82, 2.24) is 5.32 Å². The lowest BCUT2D eigenvalue weighted by Crippen LogP contribution is -2.61. The van der Waals surface area contributed by atoms with Gasteiger partial charge in [-0.05, 0) is 57.6 Å². The van der Waals surface area contributed by atoms with Gasteiger partial charge in [0, 0.05) is 11.2 Å². The first-order valence-electron chi connectivity index (χ1n) is 11.1. The molecule has 1 aliphatic carbocycles. The van der Waals surface area contributed by atoms with Crippen LogP contribution in [-0.2, 0) is 9.09 Å². The van der Waals surface area contributed by atoms with Gasteiger partial charge >= 0.3 is 0 Å². The first-order chi connectivity index (χ1) is 14.4. The predicted molar refractivity (Wildman–Crippen MR) is 123 cm³/mol. The summed E-state index contributed by atoms with van der Waals surface area (Å²) in [6.45, 7) is 11.3. The van der Waals surface area contributed by atoms with Gasteiger partial charge in [-0.1, -0.05) is 39.0 Å². The zero-order chi connectivity index (χ0) is 23.4. The van der Waals surface area contributed by atoms with E-state index in [1.54, 1.807) is 26.0 Å². The maximum atomic E-state index is 14.3. The number of hydrogen-bond donors (Lipinski definition) is 2. The Morgan fingerprint density at radius 1 is 1.32 bits per heavy atom. The highest BCUT2D eigenvalue weighted by Crippen LogP contribution is 2.54. The Morgan fingerprint density at radius 3 is 2.39 bits per heavy atom. The van der Waals surface area contributed by atoms with E-state index in [1.165, 1.54) is 0 Å². The molecule has 6 nitrogen and oxygen atoms in total. The normalized spacial score (nSPS) is 29.5. The molecule has 1 unspecified atom stereocenters. The molecule has 0 radical (unpaired) electrons. The average molecular weight is 446 g/mol. The van der Waals surface area contributed by atoms with E-state index < -0.39 is 30.2 Å². The minimum Gasteiger partial charge on any atom is -0.390 e. The summed E-state index contributed by atoms with van der Waals surface area (Å²) < 4.78 is 20.2. The van der Waals surface area contributed by atoms with Crippen molar-refractivity contribution in [2.75, 3.05) is 6.61 Å². The maximum absolute atomic E-state index is 14.3. The quantitative estimate of drug-likeness (QED) is 0.574. The number of benzene rings is 1. The zero-order valence-electron chi connectivity index (χ0n) is 19.5. The molecule has 1 aromatic rings. The number of rotatable bonds is 8. The van der Waals surface area contributed by atoms with Gasteiger partial charge in [0.05, 0.1) is 36.0 Å². The van der Waals surface area contributed by atoms with Crippen molar-refractivity contribution < 1.29 is 14.2 Å². The van der Waals surface area contributed by atoms with Gasteiger partial charge in [-0.25, -0.2) is 0 Å². The molecular weight excluding hydrogens is 409 g/mol. The second-order valence-corrected chi connectivity index (χ2v) is 12.1. The Balaban J connectivity index is 2.57. The van der Waals surface area contributed by atoms with Crippen LogP contribution in [0.1, 0.15) is 54.4 Å². The summed E-state index contributed by atoms with van der Waals surface area (Å²) in [7, 11) is -3.38. The molecule has 0 bridgehead atoms. The average Bonchev–Trinajstić information content (AvgIpc) is 2.72. The molecule has 7 heteroatoms. The van der Waals surface area contributed by atoms with E-state index in [0.717, 1.165) is 0 Å². The Bertz CT molecular complexity index is 869. The van der Waals surface area contributed by atoms with Crippen LogP contribution in [0.25, 0.3) is 0 Å². The monoisotopic (exact) mass is 445 g/mol. The molecule has 6 atom stereocenters. The van der Waals surface area contributed by atoms with Gasteiger partial charge in [-0.2, -0.15) is 10.5 Å². The number of hydrogen-bond acceptors (Lipinski definition) is 6. The summed E-state index contributed by atoms with van der Waals surface area (Å²) in [6, 6.07) is 13.9. The molecule has 0 heterocycles. The molecule has 0 spiro atoms. The van der Waals surface area contributed by atoms with Crippen molar-refractivity contribution in [2.24, 2.45) is 23.7 Å². The van der Waals surface area contributed by atoms with Crippen molar-refractivity contribution in [3.8, 4) is 12.1 Å². The summed E-state index contributed by atoms with van der Waals surface area (Å²) >= 11 is 0. The van der Waals surface area contributed by atoms with Crippen molar-refractivity contribution in [1.29, 1.82) is 10.5 Å². The molecule has 0 aromatic heterocycles. The highest BCUT2D eigenvalue weighted by molar-refractivity contribution is 7.67. The second kappa shape index (κ2) is 9.85. The summed E-state index contributed by atoms with van der Waals surface area (Å²) in [5, 5.41) is 34.9. The molecule has 0 aliphatic heterocycles. The third-order valence-corrected chi connectivity index (χ3v) is 9.81. The van der Waals surface area contributed by atoms with Gasteiger partial charge < -0.3 is 9.63 Å². The number of nitrogens with zero attached hydrogens (tertiary/aromatic N) is 2. The van der Waals surface area contributed by atoms with Crippen LogP contribution in [-0.4, -0.2) is 28.6 Å². The van der Waals surface area contributed by atoms with E-state index in [0.29, 0.717) is 18.1 Å². The number of nitriles is 2. The fraction of sp³-hybridized carbons (Fsp3) is 0.667. The van der Waals surface area contributed by atoms with Gasteiger partial charge in [0.15, 0.2) is 0 Å². The van der Waals surface area contributed by atoms with Gasteiger partial charge in [0.25, 0.3) is 0 Å². The Kier molecular flexibility index (Phi) is 8.12. The molecule has 0 amide bonds. The highest BCUT2D eigenvalue weighted by atomic mass is 31.2. The summed E-state index contributed by atoms with van der Waals surface area (Å²) in [4.78, 5) is 0. The van der Waals surface area contributed by atoms with Crippen molar-refractivity contribution in [3.05, 3.63) is 30.3 Å². The maximum Gasteiger partial charge on any atom is 0.248 e. The topological polar surface area (TPSA) is 106 Å². The van der Waals surface area contributed by atoms with E-state index in [-0.39, 0.29) is 24.4 Å². The minimum absolute atomic E-state index is 0.0990. The SMILES string of the molecule is CCOP(=O)(c1ccccc1)[C@H](N[C@]1(C#N)C[C@H](C(C)(C)O)C[C@@H](C#N)[C@H]1C)C(C)C. The van der Waals surface area contributed by atoms with E-state index in [4.69, 9.17) is 4.52 Å². The van der Waals surface area contributed by atoms with Crippen LogP contribution in [0.15, 0.2) is 30.3 Å². The first-order valence-corrected chi connectivity index (χ1v) is 12.7. The van der Waals surface area contributed by atoms with E-state index in [1.807, 2.05) is 45.9 Å². The lowest BCUT2D eigenvalue weighted by Gasteiger charge is -2.49. The molecule has 1 saturated carbocycles. The third kappa shape index (κ3) is 5.21. The van der Waals surface area contributed by atoms with Gasteiger partial charge in [0.1, 0.15) is 5.54 Å². The molecule has 2 rings (SSSR count). The Hall–Kier alpha value is -1.69. The molecule has 1 aliphatic rings. The van der Waals surface area contributed by atoms with Crippen LogP contribution in [0.4, 0.5) is 0 Å². The minimum atomic E-state index is -3.38. The predicted octanol–water partition coefficient (Wildman–Crippen LogP) is 4.42. The summed E-state index contributed by atoms with van der Waals surface area (Å²) in [5.41, 5.74) is -2.14. The number of aliphatic hydroxyl groups is 1. The van der Waals surface area contributed by atoms with Crippen molar-refractivity contribution in [2.45, 2.75) is 71.3 Å². The van der Waals surface area contributed by atoms with Gasteiger partial charge in [0.2, 0.25) is 7.37 Å².